The summed E-state index contributed by atoms with van der Waals surface area (Å²) in [6.45, 7) is 7.50. The van der Waals surface area contributed by atoms with E-state index >= 15 is 0 Å². The molecule has 28 heavy (non-hydrogen) atoms. The third kappa shape index (κ3) is 6.13. The number of rotatable bonds is 7. The number of carbonyl (C=O) groups is 1. The highest BCUT2D eigenvalue weighted by molar-refractivity contribution is 7.62. The smallest absolute Gasteiger partial charge is 0.227 e. The van der Waals surface area contributed by atoms with Crippen molar-refractivity contribution in [2.75, 3.05) is 11.7 Å². The van der Waals surface area contributed by atoms with Gasteiger partial charge in [0, 0.05) is 5.92 Å². The summed E-state index contributed by atoms with van der Waals surface area (Å²) in [6, 6.07) is 8.87. The topological polar surface area (TPSA) is 99.0 Å². The number of aryl methyl sites for hydroxylation is 2. The van der Waals surface area contributed by atoms with Crippen LogP contribution in [0, 0.1) is 19.8 Å². The fourth-order valence-corrected chi connectivity index (χ4v) is 3.12. The highest BCUT2D eigenvalue weighted by Crippen LogP contribution is 2.35. The average Bonchev–Trinajstić information content (AvgIpc) is 2.58. The number of hydrogen-bond acceptors (Lipinski definition) is 5. The molecule has 0 aliphatic heterocycles. The highest BCUT2D eigenvalue weighted by Gasteiger charge is 2.13. The van der Waals surface area contributed by atoms with E-state index in [-0.39, 0.29) is 23.9 Å². The lowest BCUT2D eigenvalue weighted by Gasteiger charge is -2.16. The minimum Gasteiger partial charge on any atom is -0.506 e. The molecule has 6 nitrogen and oxygen atoms in total. The van der Waals surface area contributed by atoms with Crippen LogP contribution in [0.2, 0.25) is 0 Å². The summed E-state index contributed by atoms with van der Waals surface area (Å²) in [5, 5.41) is 12.8. The first-order valence-corrected chi connectivity index (χ1v) is 11.1. The molecule has 0 spiro atoms. The van der Waals surface area contributed by atoms with Crippen molar-refractivity contribution in [2.45, 2.75) is 34.1 Å². The first-order valence-electron chi connectivity index (χ1n) is 9.00. The van der Waals surface area contributed by atoms with Crippen LogP contribution in [-0.2, 0) is 11.2 Å². The predicted octanol–water partition coefficient (Wildman–Crippen LogP) is 3.79. The van der Waals surface area contributed by atoms with Crippen LogP contribution in [-0.4, -0.2) is 33.4 Å². The van der Waals surface area contributed by atoms with Gasteiger partial charge in [-0.2, -0.15) is 0 Å². The Hall–Kier alpha value is -2.27. The quantitative estimate of drug-likeness (QED) is 0.415. The molecule has 0 bridgehead atoms. The SMILES string of the molecule is C=P(O)(O)COc1cc(C)c(Cc2ccc(O)c(NC(=O)C(C)C)c2)c(C)c1. The van der Waals surface area contributed by atoms with E-state index in [1.807, 2.05) is 32.0 Å². The van der Waals surface area contributed by atoms with Crippen molar-refractivity contribution in [3.63, 3.8) is 0 Å². The summed E-state index contributed by atoms with van der Waals surface area (Å²) in [5.74, 6) is 0.254. The molecule has 4 N–H and O–H groups in total. The van der Waals surface area contributed by atoms with Gasteiger partial charge in [0.15, 0.2) is 6.35 Å². The van der Waals surface area contributed by atoms with Crippen LogP contribution in [0.4, 0.5) is 5.69 Å². The van der Waals surface area contributed by atoms with E-state index in [2.05, 4.69) is 11.6 Å². The Bertz CT molecular complexity index is 894. The Kier molecular flexibility index (Phi) is 6.94. The first-order chi connectivity index (χ1) is 13.0. The van der Waals surface area contributed by atoms with Crippen molar-refractivity contribution in [1.29, 1.82) is 0 Å². The number of nitrogens with one attached hydrogen (secondary N) is 1. The molecule has 0 atom stereocenters. The van der Waals surface area contributed by atoms with E-state index in [9.17, 15) is 19.7 Å². The lowest BCUT2D eigenvalue weighted by Crippen LogP contribution is -2.17. The van der Waals surface area contributed by atoms with Gasteiger partial charge in [0.25, 0.3) is 0 Å². The molecule has 0 fully saturated rings. The Morgan fingerprint density at radius 1 is 1.18 bits per heavy atom. The second kappa shape index (κ2) is 8.82. The zero-order valence-corrected chi connectivity index (χ0v) is 17.6. The molecule has 0 saturated carbocycles. The molecule has 152 valence electrons. The van der Waals surface area contributed by atoms with Crippen LogP contribution in [0.5, 0.6) is 11.5 Å². The summed E-state index contributed by atoms with van der Waals surface area (Å²) in [4.78, 5) is 30.7. The number of hydrogen-bond donors (Lipinski definition) is 4. The van der Waals surface area contributed by atoms with Crippen LogP contribution in [0.1, 0.15) is 36.1 Å². The number of anilines is 1. The number of carbonyl (C=O) groups excluding carboxylic acids is 1. The zero-order valence-electron chi connectivity index (χ0n) is 16.7. The number of amides is 1. The molecule has 0 aliphatic carbocycles. The van der Waals surface area contributed by atoms with Gasteiger partial charge in [-0.1, -0.05) is 19.9 Å². The molecular weight excluding hydrogens is 377 g/mol. The highest BCUT2D eigenvalue weighted by atomic mass is 31.2. The van der Waals surface area contributed by atoms with E-state index < -0.39 is 7.34 Å². The number of aromatic hydroxyl groups is 1. The van der Waals surface area contributed by atoms with Gasteiger partial charge in [0.1, 0.15) is 18.8 Å². The normalized spacial score (nSPS) is 11.5. The maximum Gasteiger partial charge on any atom is 0.227 e. The van der Waals surface area contributed by atoms with Crippen LogP contribution in [0.3, 0.4) is 0 Å². The van der Waals surface area contributed by atoms with Crippen molar-refractivity contribution in [2.24, 2.45) is 5.92 Å². The number of phenolic OH excluding ortho intramolecular Hbond substituents is 1. The van der Waals surface area contributed by atoms with Gasteiger partial charge in [-0.15, -0.1) is 0 Å². The summed E-state index contributed by atoms with van der Waals surface area (Å²) in [6.07, 6.45) is 3.70. The van der Waals surface area contributed by atoms with Gasteiger partial charge in [0.05, 0.1) is 5.69 Å². The van der Waals surface area contributed by atoms with Gasteiger partial charge in [0.2, 0.25) is 5.91 Å². The second-order valence-electron chi connectivity index (χ2n) is 7.36. The van der Waals surface area contributed by atoms with Crippen LogP contribution >= 0.6 is 7.34 Å². The van der Waals surface area contributed by atoms with Gasteiger partial charge >= 0.3 is 0 Å². The van der Waals surface area contributed by atoms with Crippen molar-refractivity contribution in [3.05, 3.63) is 52.6 Å². The Balaban J connectivity index is 2.23. The summed E-state index contributed by atoms with van der Waals surface area (Å²) >= 11 is 0. The lowest BCUT2D eigenvalue weighted by molar-refractivity contribution is -0.118. The molecule has 0 aromatic heterocycles. The monoisotopic (exact) mass is 405 g/mol. The molecule has 2 aromatic carbocycles. The van der Waals surface area contributed by atoms with Crippen molar-refractivity contribution >= 4 is 25.2 Å². The fraction of sp³-hybridized carbons (Fsp3) is 0.333. The van der Waals surface area contributed by atoms with Gasteiger partial charge in [-0.05, 0) is 73.1 Å². The van der Waals surface area contributed by atoms with Gasteiger partial charge in [-0.25, -0.2) is 0 Å². The van der Waals surface area contributed by atoms with Crippen molar-refractivity contribution in [3.8, 4) is 11.5 Å². The van der Waals surface area contributed by atoms with E-state index in [1.165, 1.54) is 0 Å². The first kappa shape index (κ1) is 22.0. The lowest BCUT2D eigenvalue weighted by atomic mass is 9.95. The molecule has 2 rings (SSSR count). The van der Waals surface area contributed by atoms with Crippen LogP contribution in [0.15, 0.2) is 30.3 Å². The molecule has 0 aliphatic rings. The molecule has 0 radical (unpaired) electrons. The number of ether oxygens (including phenoxy) is 1. The molecule has 7 heteroatoms. The summed E-state index contributed by atoms with van der Waals surface area (Å²) < 4.78 is 5.44. The zero-order chi connectivity index (χ0) is 21.1. The largest absolute Gasteiger partial charge is 0.506 e. The van der Waals surface area contributed by atoms with Gasteiger partial charge < -0.3 is 24.9 Å². The average molecular weight is 405 g/mol. The third-order valence-corrected chi connectivity index (χ3v) is 4.87. The Morgan fingerprint density at radius 2 is 1.79 bits per heavy atom. The van der Waals surface area contributed by atoms with E-state index in [0.29, 0.717) is 17.9 Å². The van der Waals surface area contributed by atoms with E-state index in [1.54, 1.807) is 26.0 Å². The number of benzene rings is 2. The van der Waals surface area contributed by atoms with Crippen LogP contribution < -0.4 is 10.1 Å². The Morgan fingerprint density at radius 3 is 2.32 bits per heavy atom. The molecular formula is C21H28NO5P. The molecule has 0 saturated heterocycles. The van der Waals surface area contributed by atoms with Crippen molar-refractivity contribution < 1.29 is 24.4 Å². The predicted molar refractivity (Wildman–Crippen MR) is 114 cm³/mol. The van der Waals surface area contributed by atoms with E-state index in [0.717, 1.165) is 22.3 Å². The van der Waals surface area contributed by atoms with Gasteiger partial charge in [-0.3, -0.25) is 4.79 Å². The molecule has 1 amide bonds. The van der Waals surface area contributed by atoms with Crippen LogP contribution in [0.25, 0.3) is 0 Å². The minimum absolute atomic E-state index is 0.0305. The Labute approximate surface area is 165 Å². The number of phenols is 1. The fourth-order valence-electron chi connectivity index (χ4n) is 2.77. The van der Waals surface area contributed by atoms with E-state index in [4.69, 9.17) is 4.74 Å². The second-order valence-corrected chi connectivity index (χ2v) is 9.38. The minimum atomic E-state index is -3.24. The van der Waals surface area contributed by atoms with Crippen molar-refractivity contribution in [1.82, 2.24) is 0 Å². The maximum absolute atomic E-state index is 11.9. The third-order valence-electron chi connectivity index (χ3n) is 4.33. The molecule has 2 aromatic rings. The standard InChI is InChI=1S/C21H28NO5P/c1-13(2)21(24)22-19-11-16(6-7-20(19)23)10-18-14(3)8-17(9-15(18)4)27-12-28(5,25)26/h6-9,11,13,23,25-26H,5,10,12H2,1-4H3,(H,22,24). The maximum atomic E-state index is 11.9. The molecule has 0 heterocycles. The molecule has 0 unspecified atom stereocenters. The summed E-state index contributed by atoms with van der Waals surface area (Å²) in [7, 11) is -3.24. The summed E-state index contributed by atoms with van der Waals surface area (Å²) in [5.41, 5.74) is 4.44.